The van der Waals surface area contributed by atoms with E-state index < -0.39 is 43.5 Å². The van der Waals surface area contributed by atoms with Crippen molar-refractivity contribution >= 4 is 25.5 Å². The van der Waals surface area contributed by atoms with E-state index in [1.807, 2.05) is 6.92 Å². The largest absolute Gasteiger partial charge is 0.497 e. The molecule has 27 heavy (non-hydrogen) atoms. The summed E-state index contributed by atoms with van der Waals surface area (Å²) >= 11 is 0. The number of aryl methyl sites for hydroxylation is 1. The smallest absolute Gasteiger partial charge is 0.264 e. The molecule has 0 radical (unpaired) electrons. The lowest BCUT2D eigenvalue weighted by Gasteiger charge is -2.31. The first-order valence-electron chi connectivity index (χ1n) is 8.28. The first-order valence-corrected chi connectivity index (χ1v) is 11.5. The Morgan fingerprint density at radius 2 is 1.63 bits per heavy atom. The summed E-state index contributed by atoms with van der Waals surface area (Å²) in [4.78, 5) is 0.0282. The molecule has 7 nitrogen and oxygen atoms in total. The summed E-state index contributed by atoms with van der Waals surface area (Å²) in [7, 11) is -6.14. The summed E-state index contributed by atoms with van der Waals surface area (Å²) in [6.07, 6.45) is -1.31. The van der Waals surface area contributed by atoms with E-state index in [0.29, 0.717) is 5.75 Å². The molecule has 0 bridgehead atoms. The van der Waals surface area contributed by atoms with E-state index in [9.17, 15) is 21.9 Å². The summed E-state index contributed by atoms with van der Waals surface area (Å²) in [5.74, 6) is -0.370. The van der Waals surface area contributed by atoms with Crippen molar-refractivity contribution in [2.45, 2.75) is 24.0 Å². The number of methoxy groups -OCH3 is 1. The van der Waals surface area contributed by atoms with Crippen LogP contribution in [0.2, 0.25) is 0 Å². The minimum atomic E-state index is -4.09. The lowest BCUT2D eigenvalue weighted by atomic mass is 10.2. The van der Waals surface area contributed by atoms with Gasteiger partial charge in [0.2, 0.25) is 0 Å². The Morgan fingerprint density at radius 3 is 2.11 bits per heavy atom. The molecule has 2 aromatic carbocycles. The molecule has 1 N–H and O–H groups in total. The van der Waals surface area contributed by atoms with Gasteiger partial charge in [0, 0.05) is 0 Å². The lowest BCUT2D eigenvalue weighted by molar-refractivity contribution is 0.184. The maximum Gasteiger partial charge on any atom is 0.264 e. The monoisotopic (exact) mass is 411 g/mol. The molecule has 146 valence electrons. The summed E-state index contributed by atoms with van der Waals surface area (Å²) in [6, 6.07) is 11.4. The fraction of sp³-hybridized carbons (Fsp3) is 0.333. The molecule has 2 aromatic rings. The maximum absolute atomic E-state index is 13.3. The normalized spacial score (nSPS) is 21.7. The van der Waals surface area contributed by atoms with Gasteiger partial charge in [-0.2, -0.15) is 0 Å². The second-order valence-electron chi connectivity index (χ2n) is 6.52. The minimum absolute atomic E-state index is 0.0282. The van der Waals surface area contributed by atoms with Crippen molar-refractivity contribution in [1.29, 1.82) is 0 Å². The van der Waals surface area contributed by atoms with Crippen LogP contribution in [-0.4, -0.2) is 52.7 Å². The Bertz CT molecular complexity index is 1010. The van der Waals surface area contributed by atoms with E-state index in [4.69, 9.17) is 4.74 Å². The van der Waals surface area contributed by atoms with Crippen LogP contribution in [-0.2, 0) is 19.9 Å². The average molecular weight is 412 g/mol. The zero-order valence-electron chi connectivity index (χ0n) is 14.9. The van der Waals surface area contributed by atoms with Crippen LogP contribution in [0, 0.1) is 6.92 Å². The molecule has 1 saturated heterocycles. The second-order valence-corrected chi connectivity index (χ2v) is 10.5. The Kier molecular flexibility index (Phi) is 5.20. The predicted molar refractivity (Wildman–Crippen MR) is 102 cm³/mol. The third kappa shape index (κ3) is 3.95. The van der Waals surface area contributed by atoms with Gasteiger partial charge >= 0.3 is 0 Å². The molecule has 1 aliphatic rings. The number of benzene rings is 2. The summed E-state index contributed by atoms with van der Waals surface area (Å²) in [5.41, 5.74) is 1.16. The molecule has 3 rings (SSSR count). The molecular formula is C18H21NO6S2. The van der Waals surface area contributed by atoms with Crippen molar-refractivity contribution in [3.63, 3.8) is 0 Å². The van der Waals surface area contributed by atoms with Crippen molar-refractivity contribution in [3.8, 4) is 5.75 Å². The number of aliphatic hydroxyl groups is 1. The van der Waals surface area contributed by atoms with E-state index in [1.165, 1.54) is 31.4 Å². The molecule has 2 unspecified atom stereocenters. The van der Waals surface area contributed by atoms with Crippen molar-refractivity contribution in [1.82, 2.24) is 0 Å². The molecule has 1 fully saturated rings. The van der Waals surface area contributed by atoms with Gasteiger partial charge in [0.25, 0.3) is 10.0 Å². The molecule has 1 heterocycles. The number of anilines is 1. The van der Waals surface area contributed by atoms with Crippen molar-refractivity contribution in [2.75, 3.05) is 22.9 Å². The highest BCUT2D eigenvalue weighted by Gasteiger charge is 2.45. The molecule has 0 saturated carbocycles. The zero-order valence-corrected chi connectivity index (χ0v) is 16.6. The van der Waals surface area contributed by atoms with Crippen molar-refractivity contribution < 1.29 is 26.7 Å². The van der Waals surface area contributed by atoms with E-state index >= 15 is 0 Å². The van der Waals surface area contributed by atoms with E-state index in [-0.39, 0.29) is 10.6 Å². The van der Waals surface area contributed by atoms with Gasteiger partial charge in [0.05, 0.1) is 41.3 Å². The first-order chi connectivity index (χ1) is 12.6. The van der Waals surface area contributed by atoms with Gasteiger partial charge in [-0.3, -0.25) is 4.31 Å². The number of sulfonamides is 1. The number of ether oxygens (including phenoxy) is 1. The number of sulfone groups is 1. The molecular weight excluding hydrogens is 390 g/mol. The highest BCUT2D eigenvalue weighted by Crippen LogP contribution is 2.32. The standard InChI is InChI=1S/C18H21NO6S2/c1-13-3-9-16(10-4-13)27(23,24)19(14-5-7-15(25-2)8-6-14)17-11-26(21,22)12-18(17)20/h3-10,17-18,20H,11-12H2,1-2H3. The van der Waals surface area contributed by atoms with Crippen LogP contribution in [0.3, 0.4) is 0 Å². The third-order valence-corrected chi connectivity index (χ3v) is 8.07. The Hall–Kier alpha value is -2.10. The van der Waals surface area contributed by atoms with E-state index in [0.717, 1.165) is 9.87 Å². The lowest BCUT2D eigenvalue weighted by Crippen LogP contribution is -2.47. The first kappa shape index (κ1) is 19.7. The third-order valence-electron chi connectivity index (χ3n) is 4.50. The predicted octanol–water partition coefficient (Wildman–Crippen LogP) is 1.36. The van der Waals surface area contributed by atoms with E-state index in [2.05, 4.69) is 0 Å². The zero-order chi connectivity index (χ0) is 19.8. The second kappa shape index (κ2) is 7.14. The van der Waals surface area contributed by atoms with Crippen molar-refractivity contribution in [3.05, 3.63) is 54.1 Å². The van der Waals surface area contributed by atoms with Gasteiger partial charge in [0.1, 0.15) is 5.75 Å². The molecule has 1 aliphatic heterocycles. The fourth-order valence-electron chi connectivity index (χ4n) is 3.10. The van der Waals surface area contributed by atoms with Crippen LogP contribution in [0.25, 0.3) is 0 Å². The van der Waals surface area contributed by atoms with Gasteiger partial charge < -0.3 is 9.84 Å². The molecule has 0 amide bonds. The van der Waals surface area contributed by atoms with Crippen LogP contribution < -0.4 is 9.04 Å². The summed E-state index contributed by atoms with van der Waals surface area (Å²) < 4.78 is 56.8. The number of nitrogens with zero attached hydrogens (tertiary/aromatic N) is 1. The highest BCUT2D eigenvalue weighted by molar-refractivity contribution is 7.93. The molecule has 2 atom stereocenters. The number of rotatable bonds is 5. The topological polar surface area (TPSA) is 101 Å². The number of aliphatic hydroxyl groups excluding tert-OH is 1. The van der Waals surface area contributed by atoms with Gasteiger partial charge in [-0.25, -0.2) is 16.8 Å². The molecule has 0 aromatic heterocycles. The fourth-order valence-corrected chi connectivity index (χ4v) is 6.64. The van der Waals surface area contributed by atoms with Crippen LogP contribution >= 0.6 is 0 Å². The van der Waals surface area contributed by atoms with Crippen molar-refractivity contribution in [2.24, 2.45) is 0 Å². The summed E-state index contributed by atoms with van der Waals surface area (Å²) in [5, 5.41) is 10.3. The van der Waals surface area contributed by atoms with Gasteiger partial charge in [-0.15, -0.1) is 0 Å². The SMILES string of the molecule is COc1ccc(N(C2CS(=O)(=O)CC2O)S(=O)(=O)c2ccc(C)cc2)cc1. The van der Waals surface area contributed by atoms with Gasteiger partial charge in [0.15, 0.2) is 9.84 Å². The Morgan fingerprint density at radius 1 is 1.04 bits per heavy atom. The molecule has 9 heteroatoms. The highest BCUT2D eigenvalue weighted by atomic mass is 32.2. The quantitative estimate of drug-likeness (QED) is 0.797. The van der Waals surface area contributed by atoms with Gasteiger partial charge in [-0.1, -0.05) is 17.7 Å². The average Bonchev–Trinajstić information content (AvgIpc) is 2.88. The Balaban J connectivity index is 2.13. The Labute approximate surface area is 159 Å². The minimum Gasteiger partial charge on any atom is -0.497 e. The van der Waals surface area contributed by atoms with Crippen LogP contribution in [0.5, 0.6) is 5.75 Å². The van der Waals surface area contributed by atoms with Crippen LogP contribution in [0.4, 0.5) is 5.69 Å². The number of hydrogen-bond donors (Lipinski definition) is 1. The van der Waals surface area contributed by atoms with Crippen LogP contribution in [0.15, 0.2) is 53.4 Å². The summed E-state index contributed by atoms with van der Waals surface area (Å²) in [6.45, 7) is 1.84. The van der Waals surface area contributed by atoms with E-state index in [1.54, 1.807) is 24.3 Å². The van der Waals surface area contributed by atoms with Gasteiger partial charge in [-0.05, 0) is 43.3 Å². The van der Waals surface area contributed by atoms with Crippen LogP contribution in [0.1, 0.15) is 5.56 Å². The number of hydrogen-bond acceptors (Lipinski definition) is 6. The molecule has 0 spiro atoms. The molecule has 0 aliphatic carbocycles. The maximum atomic E-state index is 13.3.